The molecule has 0 radical (unpaired) electrons. The van der Waals surface area contributed by atoms with E-state index in [0.717, 1.165) is 0 Å². The first-order valence-electron chi connectivity index (χ1n) is 9.25. The molecule has 0 fully saturated rings. The van der Waals surface area contributed by atoms with Crippen molar-refractivity contribution in [3.05, 3.63) is 105 Å². The van der Waals surface area contributed by atoms with Gasteiger partial charge in [-0.25, -0.2) is 0 Å². The van der Waals surface area contributed by atoms with E-state index in [4.69, 9.17) is 23.2 Å². The molecule has 0 saturated heterocycles. The molecule has 31 heavy (non-hydrogen) atoms. The lowest BCUT2D eigenvalue weighted by molar-refractivity contribution is -0.116. The van der Waals surface area contributed by atoms with Crippen LogP contribution < -0.4 is 10.7 Å². The van der Waals surface area contributed by atoms with Gasteiger partial charge in [0.1, 0.15) is 6.54 Å². The van der Waals surface area contributed by atoms with Crippen LogP contribution in [0.15, 0.2) is 78.0 Å². The summed E-state index contributed by atoms with van der Waals surface area (Å²) in [5, 5.41) is 3.86. The first-order chi connectivity index (χ1) is 14.9. The normalized spacial score (nSPS) is 10.8. The van der Waals surface area contributed by atoms with E-state index in [1.165, 1.54) is 36.8 Å². The van der Waals surface area contributed by atoms with Crippen molar-refractivity contribution >= 4 is 51.5 Å². The number of rotatable bonds is 5. The van der Waals surface area contributed by atoms with Crippen molar-refractivity contribution in [2.24, 2.45) is 0 Å². The molecule has 0 aliphatic rings. The number of nitrogens with zero attached hydrogens (tertiary/aromatic N) is 2. The lowest BCUT2D eigenvalue weighted by Crippen LogP contribution is -2.24. The summed E-state index contributed by atoms with van der Waals surface area (Å²) in [5.41, 5.74) is 0.839. The Balaban J connectivity index is 1.77. The number of pyridine rings is 2. The zero-order chi connectivity index (χ0) is 22.0. The number of aromatic nitrogens is 2. The molecule has 0 aliphatic heterocycles. The Bertz CT molecular complexity index is 1370. The third kappa shape index (κ3) is 4.50. The molecule has 8 heteroatoms. The first-order valence-corrected chi connectivity index (χ1v) is 10.0. The summed E-state index contributed by atoms with van der Waals surface area (Å²) in [7, 11) is 0. The van der Waals surface area contributed by atoms with Gasteiger partial charge in [-0.15, -0.1) is 0 Å². The quantitative estimate of drug-likeness (QED) is 0.450. The molecule has 2 heterocycles. The van der Waals surface area contributed by atoms with E-state index in [1.807, 2.05) is 0 Å². The van der Waals surface area contributed by atoms with Gasteiger partial charge in [-0.05, 0) is 48.5 Å². The first kappa shape index (κ1) is 20.8. The molecular weight excluding hydrogens is 437 g/mol. The number of carbonyl (C=O) groups excluding carboxylic acids is 2. The fourth-order valence-corrected chi connectivity index (χ4v) is 3.60. The summed E-state index contributed by atoms with van der Waals surface area (Å²) in [5.74, 6) is -0.803. The van der Waals surface area contributed by atoms with Crippen molar-refractivity contribution in [2.45, 2.75) is 6.54 Å². The average Bonchev–Trinajstić information content (AvgIpc) is 2.76. The molecule has 0 bridgehead atoms. The monoisotopic (exact) mass is 451 g/mol. The number of halogens is 2. The van der Waals surface area contributed by atoms with Gasteiger partial charge in [-0.1, -0.05) is 29.3 Å². The highest BCUT2D eigenvalue weighted by Crippen LogP contribution is 2.20. The Kier molecular flexibility index (Phi) is 5.84. The number of nitrogens with one attached hydrogen (secondary N) is 1. The van der Waals surface area contributed by atoms with Gasteiger partial charge in [0.15, 0.2) is 5.78 Å². The molecule has 4 aromatic rings. The number of hydrogen-bond acceptors (Lipinski definition) is 4. The zero-order valence-corrected chi connectivity index (χ0v) is 17.5. The molecule has 2 aromatic heterocycles. The molecule has 1 N–H and O–H groups in total. The Morgan fingerprint density at radius 3 is 2.45 bits per heavy atom. The Labute approximate surface area is 187 Å². The number of benzene rings is 2. The van der Waals surface area contributed by atoms with Crippen LogP contribution in [0.5, 0.6) is 0 Å². The molecule has 2 aromatic carbocycles. The molecule has 0 spiro atoms. The van der Waals surface area contributed by atoms with Gasteiger partial charge >= 0.3 is 0 Å². The summed E-state index contributed by atoms with van der Waals surface area (Å²) in [6, 6.07) is 14.6. The van der Waals surface area contributed by atoms with E-state index in [0.29, 0.717) is 26.8 Å². The number of carbonyl (C=O) groups is 2. The highest BCUT2D eigenvalue weighted by atomic mass is 35.5. The Morgan fingerprint density at radius 1 is 0.968 bits per heavy atom. The molecule has 6 nitrogen and oxygen atoms in total. The van der Waals surface area contributed by atoms with Crippen LogP contribution in [0.2, 0.25) is 10.0 Å². The largest absolute Gasteiger partial charge is 0.337 e. The standard InChI is InChI=1S/C23H15Cl2N3O3/c24-15-2-1-3-17(10-15)27-21(29)13-28-12-19(22(30)14-6-8-26-9-7-14)23(31)18-11-16(25)4-5-20(18)28/h1-12H,13H2,(H,27,29). The SMILES string of the molecule is O=C(Cn1cc(C(=O)c2ccncc2)c(=O)c2cc(Cl)ccc21)Nc1cccc(Cl)c1. The molecule has 0 atom stereocenters. The van der Waals surface area contributed by atoms with Crippen LogP contribution in [0.3, 0.4) is 0 Å². The predicted octanol–water partition coefficient (Wildman–Crippen LogP) is 4.57. The van der Waals surface area contributed by atoms with Crippen molar-refractivity contribution in [3.63, 3.8) is 0 Å². The van der Waals surface area contributed by atoms with Gasteiger partial charge in [0.2, 0.25) is 11.3 Å². The van der Waals surface area contributed by atoms with Gasteiger partial charge in [0.05, 0.1) is 11.1 Å². The van der Waals surface area contributed by atoms with Gasteiger partial charge < -0.3 is 9.88 Å². The van der Waals surface area contributed by atoms with E-state index < -0.39 is 11.2 Å². The van der Waals surface area contributed by atoms with E-state index in [2.05, 4.69) is 10.3 Å². The minimum atomic E-state index is -0.460. The predicted molar refractivity (Wildman–Crippen MR) is 121 cm³/mol. The third-order valence-corrected chi connectivity index (χ3v) is 5.12. The number of hydrogen-bond donors (Lipinski definition) is 1. The number of anilines is 1. The van der Waals surface area contributed by atoms with Crippen LogP contribution in [0, 0.1) is 0 Å². The highest BCUT2D eigenvalue weighted by molar-refractivity contribution is 6.31. The highest BCUT2D eigenvalue weighted by Gasteiger charge is 2.18. The van der Waals surface area contributed by atoms with Gasteiger partial charge in [0, 0.05) is 45.3 Å². The lowest BCUT2D eigenvalue weighted by Gasteiger charge is -2.14. The Hall–Kier alpha value is -3.48. The summed E-state index contributed by atoms with van der Waals surface area (Å²) < 4.78 is 1.56. The van der Waals surface area contributed by atoms with Crippen molar-refractivity contribution in [1.29, 1.82) is 0 Å². The number of ketones is 1. The fourth-order valence-electron chi connectivity index (χ4n) is 3.24. The average molecular weight is 452 g/mol. The van der Waals surface area contributed by atoms with Crippen LogP contribution in [0.25, 0.3) is 10.9 Å². The topological polar surface area (TPSA) is 81.1 Å². The molecule has 154 valence electrons. The van der Waals surface area contributed by atoms with E-state index in [1.54, 1.807) is 41.0 Å². The summed E-state index contributed by atoms with van der Waals surface area (Å²) in [6.07, 6.45) is 4.35. The maximum absolute atomic E-state index is 13.0. The molecule has 4 rings (SSSR count). The van der Waals surface area contributed by atoms with Crippen molar-refractivity contribution in [1.82, 2.24) is 9.55 Å². The van der Waals surface area contributed by atoms with Gasteiger partial charge in [-0.3, -0.25) is 19.4 Å². The van der Waals surface area contributed by atoms with Crippen molar-refractivity contribution < 1.29 is 9.59 Å². The molecular formula is C23H15Cl2N3O3. The molecule has 0 aliphatic carbocycles. The smallest absolute Gasteiger partial charge is 0.244 e. The minimum absolute atomic E-state index is 0.0588. The van der Waals surface area contributed by atoms with Crippen molar-refractivity contribution in [2.75, 3.05) is 5.32 Å². The summed E-state index contributed by atoms with van der Waals surface area (Å²) in [6.45, 7) is -0.123. The maximum Gasteiger partial charge on any atom is 0.244 e. The van der Waals surface area contributed by atoms with Crippen LogP contribution in [-0.4, -0.2) is 21.2 Å². The third-order valence-electron chi connectivity index (χ3n) is 4.65. The van der Waals surface area contributed by atoms with E-state index >= 15 is 0 Å². The van der Waals surface area contributed by atoms with E-state index in [9.17, 15) is 14.4 Å². The summed E-state index contributed by atoms with van der Waals surface area (Å²) >= 11 is 12.1. The lowest BCUT2D eigenvalue weighted by atomic mass is 10.0. The maximum atomic E-state index is 13.0. The number of amides is 1. The van der Waals surface area contributed by atoms with E-state index in [-0.39, 0.29) is 23.4 Å². The zero-order valence-electron chi connectivity index (χ0n) is 16.0. The van der Waals surface area contributed by atoms with Gasteiger partial charge in [-0.2, -0.15) is 0 Å². The molecule has 0 saturated carbocycles. The van der Waals surface area contributed by atoms with Crippen LogP contribution in [-0.2, 0) is 11.3 Å². The molecule has 0 unspecified atom stereocenters. The van der Waals surface area contributed by atoms with Crippen molar-refractivity contribution in [3.8, 4) is 0 Å². The second-order valence-corrected chi connectivity index (χ2v) is 7.66. The number of fused-ring (bicyclic) bond motifs is 1. The van der Waals surface area contributed by atoms with Crippen LogP contribution in [0.4, 0.5) is 5.69 Å². The Morgan fingerprint density at radius 2 is 1.71 bits per heavy atom. The van der Waals surface area contributed by atoms with Crippen LogP contribution >= 0.6 is 23.2 Å². The second kappa shape index (κ2) is 8.71. The molecule has 1 amide bonds. The second-order valence-electron chi connectivity index (χ2n) is 6.78. The minimum Gasteiger partial charge on any atom is -0.337 e. The fraction of sp³-hybridized carbons (Fsp3) is 0.0435. The summed E-state index contributed by atoms with van der Waals surface area (Å²) in [4.78, 5) is 42.6. The van der Waals surface area contributed by atoms with Gasteiger partial charge in [0.25, 0.3) is 0 Å². The van der Waals surface area contributed by atoms with Crippen LogP contribution in [0.1, 0.15) is 15.9 Å².